The van der Waals surface area contributed by atoms with Gasteiger partial charge in [0.2, 0.25) is 0 Å². The summed E-state index contributed by atoms with van der Waals surface area (Å²) in [5.41, 5.74) is 1.66. The van der Waals surface area contributed by atoms with Gasteiger partial charge in [-0.25, -0.2) is 0 Å². The Kier molecular flexibility index (Phi) is 3.44. The zero-order valence-electron chi connectivity index (χ0n) is 13.1. The standard InChI is InChI=1S/C17H19N5O/c1-12-2-3-16(20-19-12)21-8-14-10-22(11-15(14)9-21)17(23)13-4-6-18-7-5-13/h2-7,14-15H,8-11H2,1H3. The van der Waals surface area contributed by atoms with E-state index in [1.54, 1.807) is 24.5 Å². The largest absolute Gasteiger partial charge is 0.354 e. The topological polar surface area (TPSA) is 62.2 Å². The van der Waals surface area contributed by atoms with E-state index in [2.05, 4.69) is 20.1 Å². The quantitative estimate of drug-likeness (QED) is 0.839. The second-order valence-electron chi connectivity index (χ2n) is 6.40. The average molecular weight is 309 g/mol. The maximum Gasteiger partial charge on any atom is 0.253 e. The van der Waals surface area contributed by atoms with Crippen LogP contribution in [0.1, 0.15) is 16.1 Å². The van der Waals surface area contributed by atoms with Crippen molar-refractivity contribution in [1.29, 1.82) is 0 Å². The Morgan fingerprint density at radius 3 is 2.30 bits per heavy atom. The van der Waals surface area contributed by atoms with Crippen molar-refractivity contribution in [3.05, 3.63) is 47.9 Å². The smallest absolute Gasteiger partial charge is 0.253 e. The van der Waals surface area contributed by atoms with E-state index < -0.39 is 0 Å². The Bertz CT molecular complexity index is 689. The first-order valence-corrected chi connectivity index (χ1v) is 7.95. The minimum atomic E-state index is 0.114. The minimum absolute atomic E-state index is 0.114. The van der Waals surface area contributed by atoms with Crippen LogP contribution >= 0.6 is 0 Å². The molecule has 2 aromatic rings. The van der Waals surface area contributed by atoms with Crippen LogP contribution in [0.3, 0.4) is 0 Å². The van der Waals surface area contributed by atoms with Gasteiger partial charge in [-0.2, -0.15) is 5.10 Å². The fourth-order valence-corrected chi connectivity index (χ4v) is 3.58. The van der Waals surface area contributed by atoms with Gasteiger partial charge in [0.05, 0.1) is 5.69 Å². The van der Waals surface area contributed by atoms with Gasteiger partial charge >= 0.3 is 0 Å². The van der Waals surface area contributed by atoms with Crippen molar-refractivity contribution >= 4 is 11.7 Å². The lowest BCUT2D eigenvalue weighted by Gasteiger charge is -2.22. The van der Waals surface area contributed by atoms with E-state index in [-0.39, 0.29) is 5.91 Å². The normalized spacial score (nSPS) is 23.2. The summed E-state index contributed by atoms with van der Waals surface area (Å²) in [7, 11) is 0. The average Bonchev–Trinajstić information content (AvgIpc) is 3.14. The van der Waals surface area contributed by atoms with Gasteiger partial charge < -0.3 is 9.80 Å². The molecule has 6 heteroatoms. The fourth-order valence-electron chi connectivity index (χ4n) is 3.58. The molecule has 4 heterocycles. The summed E-state index contributed by atoms with van der Waals surface area (Å²) in [6.07, 6.45) is 3.34. The Morgan fingerprint density at radius 1 is 1.00 bits per heavy atom. The lowest BCUT2D eigenvalue weighted by molar-refractivity contribution is 0.0782. The first kappa shape index (κ1) is 14.1. The number of pyridine rings is 1. The highest BCUT2D eigenvalue weighted by molar-refractivity contribution is 5.94. The molecule has 2 aliphatic heterocycles. The predicted octanol–water partition coefficient (Wildman–Crippen LogP) is 1.39. The summed E-state index contributed by atoms with van der Waals surface area (Å²) in [4.78, 5) is 20.8. The molecule has 0 spiro atoms. The lowest BCUT2D eigenvalue weighted by atomic mass is 10.0. The first-order chi connectivity index (χ1) is 11.2. The van der Waals surface area contributed by atoms with Crippen LogP contribution in [-0.2, 0) is 0 Å². The van der Waals surface area contributed by atoms with Gasteiger partial charge in [-0.05, 0) is 31.2 Å². The number of carbonyl (C=O) groups is 1. The molecule has 0 radical (unpaired) electrons. The Labute approximate surface area is 135 Å². The third-order valence-electron chi connectivity index (χ3n) is 4.81. The van der Waals surface area contributed by atoms with Crippen LogP contribution in [0.2, 0.25) is 0 Å². The molecule has 2 saturated heterocycles. The number of hydrogen-bond acceptors (Lipinski definition) is 5. The van der Waals surface area contributed by atoms with Crippen LogP contribution in [-0.4, -0.2) is 52.2 Å². The van der Waals surface area contributed by atoms with Gasteiger partial charge in [-0.15, -0.1) is 5.10 Å². The number of fused-ring (bicyclic) bond motifs is 1. The SMILES string of the molecule is Cc1ccc(N2CC3CN(C(=O)c4ccncc4)CC3C2)nn1. The van der Waals surface area contributed by atoms with Crippen molar-refractivity contribution in [2.45, 2.75) is 6.92 Å². The third kappa shape index (κ3) is 2.65. The molecule has 4 rings (SSSR count). The number of amides is 1. The van der Waals surface area contributed by atoms with Crippen LogP contribution in [0, 0.1) is 18.8 Å². The van der Waals surface area contributed by atoms with Gasteiger partial charge in [0.1, 0.15) is 0 Å². The second kappa shape index (κ2) is 5.61. The molecule has 0 bridgehead atoms. The van der Waals surface area contributed by atoms with Crippen molar-refractivity contribution in [2.75, 3.05) is 31.1 Å². The maximum absolute atomic E-state index is 12.5. The van der Waals surface area contributed by atoms with E-state index in [4.69, 9.17) is 0 Å². The van der Waals surface area contributed by atoms with Crippen molar-refractivity contribution in [3.63, 3.8) is 0 Å². The first-order valence-electron chi connectivity index (χ1n) is 7.95. The van der Waals surface area contributed by atoms with Crippen molar-refractivity contribution in [2.24, 2.45) is 11.8 Å². The van der Waals surface area contributed by atoms with Crippen molar-refractivity contribution < 1.29 is 4.79 Å². The molecule has 2 unspecified atom stereocenters. The number of carbonyl (C=O) groups excluding carboxylic acids is 1. The molecule has 2 fully saturated rings. The molecule has 2 aromatic heterocycles. The number of nitrogens with zero attached hydrogens (tertiary/aromatic N) is 5. The van der Waals surface area contributed by atoms with E-state index in [0.717, 1.165) is 43.3 Å². The van der Waals surface area contributed by atoms with Crippen molar-refractivity contribution in [3.8, 4) is 0 Å². The van der Waals surface area contributed by atoms with Gasteiger partial charge in [-0.1, -0.05) is 0 Å². The van der Waals surface area contributed by atoms with E-state index in [0.29, 0.717) is 11.8 Å². The van der Waals surface area contributed by atoms with E-state index in [9.17, 15) is 4.79 Å². The molecule has 118 valence electrons. The molecule has 0 aliphatic carbocycles. The minimum Gasteiger partial charge on any atom is -0.354 e. The summed E-state index contributed by atoms with van der Waals surface area (Å²) in [6, 6.07) is 7.59. The highest BCUT2D eigenvalue weighted by atomic mass is 16.2. The van der Waals surface area contributed by atoms with Gasteiger partial charge in [0, 0.05) is 56.0 Å². The van der Waals surface area contributed by atoms with Crippen LogP contribution < -0.4 is 4.90 Å². The molecule has 0 N–H and O–H groups in total. The highest BCUT2D eigenvalue weighted by Gasteiger charge is 2.42. The molecule has 0 aromatic carbocycles. The van der Waals surface area contributed by atoms with Gasteiger partial charge in [0.15, 0.2) is 5.82 Å². The monoisotopic (exact) mass is 309 g/mol. The fraction of sp³-hybridized carbons (Fsp3) is 0.412. The molecule has 1 amide bonds. The van der Waals surface area contributed by atoms with E-state index in [1.807, 2.05) is 24.0 Å². The molecule has 0 saturated carbocycles. The van der Waals surface area contributed by atoms with Crippen LogP contribution in [0.15, 0.2) is 36.7 Å². The highest BCUT2D eigenvalue weighted by Crippen LogP contribution is 2.33. The van der Waals surface area contributed by atoms with Gasteiger partial charge in [-0.3, -0.25) is 9.78 Å². The second-order valence-corrected chi connectivity index (χ2v) is 6.40. The maximum atomic E-state index is 12.5. The van der Waals surface area contributed by atoms with Gasteiger partial charge in [0.25, 0.3) is 5.91 Å². The molecule has 6 nitrogen and oxygen atoms in total. The zero-order valence-corrected chi connectivity index (χ0v) is 13.1. The van der Waals surface area contributed by atoms with Crippen LogP contribution in [0.4, 0.5) is 5.82 Å². The molecular weight excluding hydrogens is 290 g/mol. The number of rotatable bonds is 2. The van der Waals surface area contributed by atoms with Crippen LogP contribution in [0.5, 0.6) is 0 Å². The molecule has 2 aliphatic rings. The summed E-state index contributed by atoms with van der Waals surface area (Å²) in [6.45, 7) is 5.48. The number of aromatic nitrogens is 3. The summed E-state index contributed by atoms with van der Waals surface area (Å²) >= 11 is 0. The van der Waals surface area contributed by atoms with Crippen molar-refractivity contribution in [1.82, 2.24) is 20.1 Å². The molecule has 23 heavy (non-hydrogen) atoms. The number of hydrogen-bond donors (Lipinski definition) is 0. The molecule has 2 atom stereocenters. The number of aryl methyl sites for hydroxylation is 1. The Balaban J connectivity index is 1.42. The summed E-state index contributed by atoms with van der Waals surface area (Å²) in [5, 5.41) is 8.42. The summed E-state index contributed by atoms with van der Waals surface area (Å²) in [5.74, 6) is 2.09. The molecular formula is C17H19N5O. The zero-order chi connectivity index (χ0) is 15.8. The number of anilines is 1. The lowest BCUT2D eigenvalue weighted by Crippen LogP contribution is -2.33. The third-order valence-corrected chi connectivity index (χ3v) is 4.81. The van der Waals surface area contributed by atoms with Crippen LogP contribution in [0.25, 0.3) is 0 Å². The predicted molar refractivity (Wildman–Crippen MR) is 86.1 cm³/mol. The Morgan fingerprint density at radius 2 is 1.70 bits per heavy atom. The van der Waals surface area contributed by atoms with E-state index >= 15 is 0 Å². The Hall–Kier alpha value is -2.50. The number of likely N-dealkylation sites (tertiary alicyclic amines) is 1. The van der Waals surface area contributed by atoms with E-state index in [1.165, 1.54) is 0 Å². The summed E-state index contributed by atoms with van der Waals surface area (Å²) < 4.78 is 0.